The molecule has 1 aliphatic rings. The van der Waals surface area contributed by atoms with Gasteiger partial charge in [0.05, 0.1) is 15.5 Å². The van der Waals surface area contributed by atoms with E-state index < -0.39 is 21.6 Å². The Morgan fingerprint density at radius 2 is 1.84 bits per heavy atom. The van der Waals surface area contributed by atoms with Crippen molar-refractivity contribution in [3.8, 4) is 0 Å². The molecule has 0 radical (unpaired) electrons. The third-order valence-corrected chi connectivity index (χ3v) is 7.48. The molecule has 2 aromatic carbocycles. The van der Waals surface area contributed by atoms with Crippen LogP contribution in [0.15, 0.2) is 50.5 Å². The van der Waals surface area contributed by atoms with Crippen molar-refractivity contribution in [1.29, 1.82) is 0 Å². The number of sulfonamides is 1. The summed E-state index contributed by atoms with van der Waals surface area (Å²) < 4.78 is 36.5. The van der Waals surface area contributed by atoms with Crippen molar-refractivity contribution >= 4 is 38.6 Å². The normalized spacial score (nSPS) is 13.5. The van der Waals surface area contributed by atoms with Gasteiger partial charge in [0.25, 0.3) is 0 Å². The molecule has 9 heteroatoms. The maximum Gasteiger partial charge on any atom is 0.340 e. The number of hydrogen-bond acceptors (Lipinski definition) is 6. The van der Waals surface area contributed by atoms with Crippen molar-refractivity contribution in [1.82, 2.24) is 4.31 Å². The first-order valence-corrected chi connectivity index (χ1v) is 11.5. The Hall–Kier alpha value is -2.68. The van der Waals surface area contributed by atoms with Gasteiger partial charge in [-0.1, -0.05) is 11.6 Å². The topological polar surface area (TPSA) is 93.9 Å². The lowest BCUT2D eigenvalue weighted by Gasteiger charge is -2.13. The summed E-state index contributed by atoms with van der Waals surface area (Å²) in [5.41, 5.74) is 2.72. The van der Waals surface area contributed by atoms with Gasteiger partial charge < -0.3 is 9.15 Å². The Bertz CT molecular complexity index is 1360. The minimum Gasteiger partial charge on any atom is -0.457 e. The van der Waals surface area contributed by atoms with Gasteiger partial charge in [0.15, 0.2) is 0 Å². The van der Waals surface area contributed by atoms with Gasteiger partial charge in [-0.15, -0.1) is 0 Å². The zero-order chi connectivity index (χ0) is 22.3. The Morgan fingerprint density at radius 3 is 2.55 bits per heavy atom. The molecule has 0 saturated carbocycles. The van der Waals surface area contributed by atoms with E-state index in [0.717, 1.165) is 29.1 Å². The molecular formula is C22H20ClNO6S. The molecule has 31 heavy (non-hydrogen) atoms. The third-order valence-electron chi connectivity index (χ3n) is 5.34. The van der Waals surface area contributed by atoms with Crippen molar-refractivity contribution in [2.45, 2.75) is 30.8 Å². The summed E-state index contributed by atoms with van der Waals surface area (Å²) in [5, 5.41) is 0.779. The Balaban J connectivity index is 1.64. The molecule has 0 atom stereocenters. The van der Waals surface area contributed by atoms with E-state index >= 15 is 0 Å². The summed E-state index contributed by atoms with van der Waals surface area (Å²) in [6, 6.07) is 8.99. The summed E-state index contributed by atoms with van der Waals surface area (Å²) in [4.78, 5) is 24.6. The summed E-state index contributed by atoms with van der Waals surface area (Å²) in [5.74, 6) is -0.789. The van der Waals surface area contributed by atoms with Crippen LogP contribution in [0.2, 0.25) is 5.02 Å². The van der Waals surface area contributed by atoms with Gasteiger partial charge in [0.1, 0.15) is 12.2 Å². The molecular weight excluding hydrogens is 442 g/mol. The van der Waals surface area contributed by atoms with Crippen molar-refractivity contribution in [2.75, 3.05) is 14.1 Å². The maximum atomic E-state index is 12.7. The van der Waals surface area contributed by atoms with E-state index in [-0.39, 0.29) is 22.1 Å². The van der Waals surface area contributed by atoms with Crippen molar-refractivity contribution in [3.63, 3.8) is 0 Å². The lowest BCUT2D eigenvalue weighted by Crippen LogP contribution is -2.22. The fourth-order valence-electron chi connectivity index (χ4n) is 3.67. The first-order chi connectivity index (χ1) is 14.7. The Kier molecular flexibility index (Phi) is 5.63. The molecule has 0 bridgehead atoms. The fraction of sp³-hybridized carbons (Fsp3) is 0.273. The first kappa shape index (κ1) is 21.5. The van der Waals surface area contributed by atoms with E-state index in [2.05, 4.69) is 0 Å². The molecule has 0 amide bonds. The second-order valence-corrected chi connectivity index (χ2v) is 10.1. The summed E-state index contributed by atoms with van der Waals surface area (Å²) in [6.07, 6.45) is 2.94. The number of ether oxygens (including phenoxy) is 1. The van der Waals surface area contributed by atoms with Crippen LogP contribution in [0.3, 0.4) is 0 Å². The van der Waals surface area contributed by atoms with Crippen LogP contribution >= 0.6 is 11.6 Å². The minimum absolute atomic E-state index is 0.0676. The molecule has 1 aromatic heterocycles. The summed E-state index contributed by atoms with van der Waals surface area (Å²) in [7, 11) is -0.957. The van der Waals surface area contributed by atoms with E-state index in [4.69, 9.17) is 20.8 Å². The average molecular weight is 462 g/mol. The van der Waals surface area contributed by atoms with Crippen molar-refractivity contribution in [3.05, 3.63) is 74.1 Å². The highest BCUT2D eigenvalue weighted by Crippen LogP contribution is 2.29. The number of rotatable bonds is 5. The van der Waals surface area contributed by atoms with E-state index in [1.54, 1.807) is 0 Å². The van der Waals surface area contributed by atoms with Crippen LogP contribution in [-0.2, 0) is 34.2 Å². The van der Waals surface area contributed by atoms with Crippen LogP contribution in [0.5, 0.6) is 0 Å². The van der Waals surface area contributed by atoms with Gasteiger partial charge in [-0.3, -0.25) is 0 Å². The third kappa shape index (κ3) is 4.11. The van der Waals surface area contributed by atoms with Crippen LogP contribution in [0.4, 0.5) is 0 Å². The average Bonchev–Trinajstić information content (AvgIpc) is 3.17. The number of benzene rings is 2. The van der Waals surface area contributed by atoms with Gasteiger partial charge in [0, 0.05) is 31.1 Å². The minimum atomic E-state index is -3.74. The zero-order valence-corrected chi connectivity index (χ0v) is 18.5. The maximum absolute atomic E-state index is 12.7. The lowest BCUT2D eigenvalue weighted by atomic mass is 10.0. The number of halogens is 1. The predicted octanol–water partition coefficient (Wildman–Crippen LogP) is 3.54. The number of aryl methyl sites for hydroxylation is 2. The molecule has 4 rings (SSSR count). The smallest absolute Gasteiger partial charge is 0.340 e. The Morgan fingerprint density at radius 1 is 1.13 bits per heavy atom. The molecule has 0 fully saturated rings. The SMILES string of the molecule is CN(C)S(=O)(=O)c1ccc(Cl)c(C(=O)OCc2cc(=O)oc3cc4c(cc23)CCC4)c1. The standard InChI is InChI=1S/C22H20ClNO6S/c1-24(2)31(27,28)16-6-7-19(23)18(11-16)22(26)29-12-15-10-21(25)30-20-9-14-5-3-4-13(14)8-17(15)20/h6-11H,3-5,12H2,1-2H3. The largest absolute Gasteiger partial charge is 0.457 e. The highest BCUT2D eigenvalue weighted by atomic mass is 35.5. The van der Waals surface area contributed by atoms with E-state index in [9.17, 15) is 18.0 Å². The predicted molar refractivity (Wildman–Crippen MR) is 116 cm³/mol. The summed E-state index contributed by atoms with van der Waals surface area (Å²) in [6.45, 7) is -0.180. The highest BCUT2D eigenvalue weighted by Gasteiger charge is 2.22. The monoisotopic (exact) mass is 461 g/mol. The number of nitrogens with zero attached hydrogens (tertiary/aromatic N) is 1. The molecule has 162 valence electrons. The number of esters is 1. The highest BCUT2D eigenvalue weighted by molar-refractivity contribution is 7.89. The van der Waals surface area contributed by atoms with Gasteiger partial charge in [-0.25, -0.2) is 22.3 Å². The van der Waals surface area contributed by atoms with E-state index in [0.29, 0.717) is 16.5 Å². The molecule has 7 nitrogen and oxygen atoms in total. The van der Waals surface area contributed by atoms with Gasteiger partial charge in [0.2, 0.25) is 10.0 Å². The molecule has 3 aromatic rings. The second-order valence-electron chi connectivity index (χ2n) is 7.57. The molecule has 0 unspecified atom stereocenters. The van der Waals surface area contributed by atoms with E-state index in [1.165, 1.54) is 43.9 Å². The zero-order valence-electron chi connectivity index (χ0n) is 17.0. The quantitative estimate of drug-likeness (QED) is 0.426. The van der Waals surface area contributed by atoms with Crippen molar-refractivity contribution < 1.29 is 22.4 Å². The van der Waals surface area contributed by atoms with Crippen LogP contribution in [0.1, 0.15) is 33.5 Å². The van der Waals surface area contributed by atoms with Crippen LogP contribution in [0, 0.1) is 0 Å². The molecule has 0 spiro atoms. The number of carbonyl (C=O) groups excluding carboxylic acids is 1. The van der Waals surface area contributed by atoms with Crippen LogP contribution in [0.25, 0.3) is 11.0 Å². The molecule has 1 aliphatic carbocycles. The van der Waals surface area contributed by atoms with Gasteiger partial charge in [-0.05, 0) is 60.7 Å². The van der Waals surface area contributed by atoms with Gasteiger partial charge >= 0.3 is 11.6 Å². The number of carbonyl (C=O) groups is 1. The molecule has 0 aliphatic heterocycles. The first-order valence-electron chi connectivity index (χ1n) is 9.64. The summed E-state index contributed by atoms with van der Waals surface area (Å²) >= 11 is 6.11. The number of hydrogen-bond donors (Lipinski definition) is 0. The van der Waals surface area contributed by atoms with E-state index in [1.807, 2.05) is 12.1 Å². The second kappa shape index (κ2) is 8.11. The Labute approximate surface area is 184 Å². The van der Waals surface area contributed by atoms with Crippen LogP contribution < -0.4 is 5.63 Å². The fourth-order valence-corrected chi connectivity index (χ4v) is 4.79. The van der Waals surface area contributed by atoms with Crippen molar-refractivity contribution in [2.24, 2.45) is 0 Å². The van der Waals surface area contributed by atoms with Crippen LogP contribution in [-0.4, -0.2) is 32.8 Å². The van der Waals surface area contributed by atoms with Gasteiger partial charge in [-0.2, -0.15) is 0 Å². The lowest BCUT2D eigenvalue weighted by molar-refractivity contribution is 0.0473. The number of fused-ring (bicyclic) bond motifs is 2. The molecule has 0 saturated heterocycles. The molecule has 1 heterocycles. The molecule has 0 N–H and O–H groups in total.